The van der Waals surface area contributed by atoms with E-state index in [4.69, 9.17) is 0 Å². The van der Waals surface area contributed by atoms with Crippen molar-refractivity contribution in [3.05, 3.63) is 66.8 Å². The third-order valence-electron chi connectivity index (χ3n) is 5.32. The molecule has 2 rings (SSSR count). The predicted molar refractivity (Wildman–Crippen MR) is 99.2 cm³/mol. The van der Waals surface area contributed by atoms with Crippen LogP contribution in [0.5, 0.6) is 0 Å². The minimum Gasteiger partial charge on any atom is -0.385 e. The Bertz CT molecular complexity index is 594. The van der Waals surface area contributed by atoms with Crippen molar-refractivity contribution in [2.24, 2.45) is 0 Å². The third kappa shape index (κ3) is 4.63. The number of hydrogen-bond donors (Lipinski definition) is 2. The van der Waals surface area contributed by atoms with Crippen molar-refractivity contribution in [3.8, 4) is 0 Å². The van der Waals surface area contributed by atoms with E-state index < -0.39 is 11.2 Å². The fourth-order valence-corrected chi connectivity index (χ4v) is 5.25. The number of halogens is 1. The highest BCUT2D eigenvalue weighted by atomic mass is 127. The summed E-state index contributed by atoms with van der Waals surface area (Å²) in [6.07, 6.45) is 2.93. The molecule has 0 saturated heterocycles. The van der Waals surface area contributed by atoms with Crippen LogP contribution in [0.25, 0.3) is 0 Å². The zero-order chi connectivity index (χ0) is 18.5. The molecule has 0 aromatic heterocycles. The second-order valence-electron chi connectivity index (χ2n) is 6.59. The molecule has 3 heteroatoms. The molecule has 0 atom stereocenters. The van der Waals surface area contributed by atoms with Gasteiger partial charge >= 0.3 is 21.2 Å². The molecule has 2 aromatic carbocycles. The molecule has 0 amide bonds. The molecular weight excluding hydrogens is 423 g/mol. The van der Waals surface area contributed by atoms with Crippen LogP contribution in [0.1, 0.15) is 64.5 Å². The highest BCUT2D eigenvalue weighted by Crippen LogP contribution is 2.28. The maximum absolute atomic E-state index is 10.6. The van der Waals surface area contributed by atoms with Crippen LogP contribution in [0.3, 0.4) is 0 Å². The van der Waals surface area contributed by atoms with Crippen LogP contribution in [0.4, 0.5) is 0 Å². The Morgan fingerprint density at radius 2 is 0.880 bits per heavy atom. The molecule has 0 unspecified atom stereocenters. The summed E-state index contributed by atoms with van der Waals surface area (Å²) in [5.41, 5.74) is 0.611. The molecule has 2 aromatic rings. The zero-order valence-corrected chi connectivity index (χ0v) is 17.9. The molecule has 0 aliphatic rings. The van der Waals surface area contributed by atoms with Crippen molar-refractivity contribution in [1.29, 1.82) is 0 Å². The van der Waals surface area contributed by atoms with Crippen molar-refractivity contribution in [1.82, 2.24) is 0 Å². The summed E-state index contributed by atoms with van der Waals surface area (Å²) in [7, 11) is 0. The van der Waals surface area contributed by atoms with Gasteiger partial charge in [0.2, 0.25) is 0 Å². The summed E-state index contributed by atoms with van der Waals surface area (Å²) >= 11 is -0.252. The van der Waals surface area contributed by atoms with Gasteiger partial charge in [-0.25, -0.2) is 0 Å². The van der Waals surface area contributed by atoms with Crippen LogP contribution in [0.15, 0.2) is 48.5 Å². The Balaban J connectivity index is 2.13. The zero-order valence-electron chi connectivity index (χ0n) is 15.7. The Hall–Kier alpha value is -0.910. The molecule has 136 valence electrons. The van der Waals surface area contributed by atoms with Crippen molar-refractivity contribution < 1.29 is 31.4 Å². The van der Waals surface area contributed by atoms with Gasteiger partial charge in [0, 0.05) is 0 Å². The monoisotopic (exact) mass is 453 g/mol. The summed E-state index contributed by atoms with van der Waals surface area (Å²) < 4.78 is 2.68. The second-order valence-corrected chi connectivity index (χ2v) is 9.62. The first-order chi connectivity index (χ1) is 11.9. The predicted octanol–water partition coefficient (Wildman–Crippen LogP) is 1.83. The second kappa shape index (κ2) is 8.65. The highest BCUT2D eigenvalue weighted by Gasteiger charge is 2.27. The molecule has 0 aliphatic heterocycles. The molecule has 0 heterocycles. The first-order valence-electron chi connectivity index (χ1n) is 9.21. The lowest BCUT2D eigenvalue weighted by atomic mass is 9.89. The largest absolute Gasteiger partial charge is 0.385 e. The molecule has 25 heavy (non-hydrogen) atoms. The fraction of sp³-hybridized carbons (Fsp3) is 0.455. The van der Waals surface area contributed by atoms with Gasteiger partial charge in [-0.2, -0.15) is 0 Å². The van der Waals surface area contributed by atoms with E-state index in [1.807, 2.05) is 27.7 Å². The third-order valence-corrected chi connectivity index (χ3v) is 8.00. The molecule has 2 nitrogen and oxygen atoms in total. The van der Waals surface area contributed by atoms with E-state index in [0.717, 1.165) is 36.8 Å². The molecule has 0 saturated carbocycles. The van der Waals surface area contributed by atoms with Crippen LogP contribution in [0, 0.1) is 7.14 Å². The summed E-state index contributed by atoms with van der Waals surface area (Å²) in [6.45, 7) is 8.11. The molecule has 0 spiro atoms. The number of benzene rings is 2. The average molecular weight is 453 g/mol. The molecular formula is C22H30IO2+. The minimum absolute atomic E-state index is 0.252. The quantitative estimate of drug-likeness (QED) is 0.599. The smallest absolute Gasteiger partial charge is 0.357 e. The van der Waals surface area contributed by atoms with Gasteiger partial charge in [-0.1, -0.05) is 52.0 Å². The van der Waals surface area contributed by atoms with Crippen molar-refractivity contribution >= 4 is 0 Å². The van der Waals surface area contributed by atoms with Gasteiger partial charge in [-0.3, -0.25) is 0 Å². The fourth-order valence-electron chi connectivity index (χ4n) is 3.09. The van der Waals surface area contributed by atoms with E-state index in [1.54, 1.807) is 0 Å². The van der Waals surface area contributed by atoms with E-state index in [-0.39, 0.29) is 21.2 Å². The van der Waals surface area contributed by atoms with Crippen LogP contribution in [0.2, 0.25) is 0 Å². The first-order valence-corrected chi connectivity index (χ1v) is 11.4. The SMILES string of the molecule is CCC(O)(CC)c1ccc([I+]c2ccc(C(O)(CC)CC)cc2)cc1. The van der Waals surface area contributed by atoms with Gasteiger partial charge in [0.05, 0.1) is 11.2 Å². The maximum atomic E-state index is 10.6. The molecule has 0 bridgehead atoms. The average Bonchev–Trinajstić information content (AvgIpc) is 2.68. The number of aliphatic hydroxyl groups is 2. The molecule has 0 fully saturated rings. The van der Waals surface area contributed by atoms with Crippen LogP contribution < -0.4 is 21.2 Å². The van der Waals surface area contributed by atoms with Crippen molar-refractivity contribution in [3.63, 3.8) is 0 Å². The van der Waals surface area contributed by atoms with Crippen molar-refractivity contribution in [2.45, 2.75) is 64.6 Å². The molecule has 0 aliphatic carbocycles. The number of rotatable bonds is 8. The van der Waals surface area contributed by atoms with E-state index in [0.29, 0.717) is 0 Å². The van der Waals surface area contributed by atoms with Gasteiger partial charge < -0.3 is 10.2 Å². The van der Waals surface area contributed by atoms with Crippen LogP contribution in [-0.2, 0) is 11.2 Å². The Morgan fingerprint density at radius 1 is 0.600 bits per heavy atom. The van der Waals surface area contributed by atoms with Gasteiger partial charge in [-0.05, 0) is 61.1 Å². The summed E-state index contributed by atoms with van der Waals surface area (Å²) in [6, 6.07) is 16.9. The number of hydrogen-bond acceptors (Lipinski definition) is 2. The minimum atomic E-state index is -0.705. The van der Waals surface area contributed by atoms with Gasteiger partial charge in [0.15, 0.2) is 7.14 Å². The van der Waals surface area contributed by atoms with Gasteiger partial charge in [-0.15, -0.1) is 0 Å². The van der Waals surface area contributed by atoms with Crippen LogP contribution >= 0.6 is 0 Å². The van der Waals surface area contributed by atoms with E-state index in [1.165, 1.54) is 7.14 Å². The lowest BCUT2D eigenvalue weighted by Gasteiger charge is -2.25. The lowest BCUT2D eigenvalue weighted by Crippen LogP contribution is -3.61. The normalized spacial score (nSPS) is 12.4. The maximum Gasteiger partial charge on any atom is 0.357 e. The Labute approximate surface area is 162 Å². The molecule has 0 radical (unpaired) electrons. The Morgan fingerprint density at radius 3 is 1.12 bits per heavy atom. The van der Waals surface area contributed by atoms with E-state index >= 15 is 0 Å². The standard InChI is InChI=1S/C22H30IO2/c1-5-21(24,6-2)17-9-13-19(14-10-17)23-20-15-11-18(12-16-20)22(25,7-3)8-4/h9-16,24-25H,5-8H2,1-4H3/q+1. The first kappa shape index (κ1) is 20.4. The lowest BCUT2D eigenvalue weighted by molar-refractivity contribution is -0.597. The van der Waals surface area contributed by atoms with E-state index in [9.17, 15) is 10.2 Å². The van der Waals surface area contributed by atoms with E-state index in [2.05, 4.69) is 48.5 Å². The highest BCUT2D eigenvalue weighted by molar-refractivity contribution is 5.23. The van der Waals surface area contributed by atoms with Crippen molar-refractivity contribution in [2.75, 3.05) is 0 Å². The molecule has 2 N–H and O–H groups in total. The summed E-state index contributed by atoms with van der Waals surface area (Å²) in [4.78, 5) is 0. The topological polar surface area (TPSA) is 40.5 Å². The van der Waals surface area contributed by atoms with Crippen LogP contribution in [-0.4, -0.2) is 10.2 Å². The summed E-state index contributed by atoms with van der Waals surface area (Å²) in [5, 5.41) is 21.2. The van der Waals surface area contributed by atoms with Gasteiger partial charge in [0.1, 0.15) is 0 Å². The Kier molecular flexibility index (Phi) is 7.06. The van der Waals surface area contributed by atoms with Gasteiger partial charge in [0.25, 0.3) is 0 Å². The summed E-state index contributed by atoms with van der Waals surface area (Å²) in [5.74, 6) is 0.